The molecule has 0 heterocycles. The van der Waals surface area contributed by atoms with Gasteiger partial charge in [-0.1, -0.05) is 6.07 Å². The van der Waals surface area contributed by atoms with Gasteiger partial charge in [-0.2, -0.15) is 0 Å². The molecule has 0 aromatic heterocycles. The fourth-order valence-electron chi connectivity index (χ4n) is 1.41. The topological polar surface area (TPSA) is 66.6 Å². The largest absolute Gasteiger partial charge is 0.481 e. The van der Waals surface area contributed by atoms with Gasteiger partial charge in [-0.3, -0.25) is 4.79 Å². The Morgan fingerprint density at radius 1 is 1.53 bits per heavy atom. The van der Waals surface area contributed by atoms with Crippen LogP contribution in [0.25, 0.3) is 0 Å². The molecule has 1 aromatic carbocycles. The van der Waals surface area contributed by atoms with E-state index in [2.05, 4.69) is 0 Å². The molecule has 0 fully saturated rings. The highest BCUT2D eigenvalue weighted by atomic mass is 16.4. The molecular formula is C11H16N2O2. The maximum atomic E-state index is 10.5. The Kier molecular flexibility index (Phi) is 3.55. The Labute approximate surface area is 89.3 Å². The molecule has 0 aliphatic heterocycles. The lowest BCUT2D eigenvalue weighted by molar-refractivity contribution is -0.136. The summed E-state index contributed by atoms with van der Waals surface area (Å²) in [4.78, 5) is 12.5. The number of anilines is 2. The molecule has 0 aliphatic rings. The Morgan fingerprint density at radius 3 is 2.67 bits per heavy atom. The Morgan fingerprint density at radius 2 is 2.20 bits per heavy atom. The maximum absolute atomic E-state index is 10.5. The van der Waals surface area contributed by atoms with Crippen LogP contribution in [0, 0.1) is 0 Å². The number of hydrogen-bond donors (Lipinski definition) is 2. The van der Waals surface area contributed by atoms with E-state index >= 15 is 0 Å². The third-order valence-electron chi connectivity index (χ3n) is 2.33. The Bertz CT molecular complexity index is 364. The molecule has 3 N–H and O–H groups in total. The number of carboxylic acids is 1. The van der Waals surface area contributed by atoms with E-state index in [9.17, 15) is 4.79 Å². The lowest BCUT2D eigenvalue weighted by Gasteiger charge is -2.19. The van der Waals surface area contributed by atoms with Gasteiger partial charge in [-0.15, -0.1) is 0 Å². The van der Waals surface area contributed by atoms with Crippen LogP contribution in [0.15, 0.2) is 18.2 Å². The van der Waals surface area contributed by atoms with Crippen LogP contribution in [0.4, 0.5) is 11.4 Å². The molecule has 15 heavy (non-hydrogen) atoms. The van der Waals surface area contributed by atoms with Crippen molar-refractivity contribution in [3.63, 3.8) is 0 Å². The van der Waals surface area contributed by atoms with Crippen LogP contribution in [0.3, 0.4) is 0 Å². The molecule has 82 valence electrons. The van der Waals surface area contributed by atoms with Crippen molar-refractivity contribution in [2.24, 2.45) is 0 Å². The van der Waals surface area contributed by atoms with E-state index in [4.69, 9.17) is 10.8 Å². The van der Waals surface area contributed by atoms with Gasteiger partial charge < -0.3 is 15.7 Å². The first-order valence-electron chi connectivity index (χ1n) is 4.86. The molecule has 1 aromatic rings. The highest BCUT2D eigenvalue weighted by molar-refractivity contribution is 5.73. The summed E-state index contributed by atoms with van der Waals surface area (Å²) in [7, 11) is 1.95. The van der Waals surface area contributed by atoms with Crippen LogP contribution in [-0.4, -0.2) is 24.7 Å². The zero-order chi connectivity index (χ0) is 11.4. The summed E-state index contributed by atoms with van der Waals surface area (Å²) in [6.07, 6.45) is 0.0142. The third-order valence-corrected chi connectivity index (χ3v) is 2.33. The number of nitrogen functional groups attached to an aromatic ring is 1. The molecule has 0 aliphatic carbocycles. The average Bonchev–Trinajstić information content (AvgIpc) is 2.16. The fraction of sp³-hybridized carbons (Fsp3) is 0.364. The van der Waals surface area contributed by atoms with E-state index in [-0.39, 0.29) is 6.42 Å². The summed E-state index contributed by atoms with van der Waals surface area (Å²) < 4.78 is 0. The predicted octanol–water partition coefficient (Wildman–Crippen LogP) is 1.35. The van der Waals surface area contributed by atoms with Crippen molar-refractivity contribution < 1.29 is 9.90 Å². The minimum Gasteiger partial charge on any atom is -0.481 e. The Balaban J connectivity index is 2.92. The first-order valence-corrected chi connectivity index (χ1v) is 4.86. The molecule has 0 saturated heterocycles. The van der Waals surface area contributed by atoms with Crippen molar-refractivity contribution in [2.75, 3.05) is 24.2 Å². The lowest BCUT2D eigenvalue weighted by Crippen LogP contribution is -2.17. The number of aliphatic carboxylic acids is 1. The molecule has 0 spiro atoms. The minimum atomic E-state index is -0.842. The van der Waals surface area contributed by atoms with Gasteiger partial charge in [0.1, 0.15) is 0 Å². The second-order valence-corrected chi connectivity index (χ2v) is 3.48. The summed E-state index contributed by atoms with van der Waals surface area (Å²) >= 11 is 0. The second-order valence-electron chi connectivity index (χ2n) is 3.48. The average molecular weight is 208 g/mol. The monoisotopic (exact) mass is 208 g/mol. The third kappa shape index (κ3) is 2.87. The number of rotatable bonds is 4. The van der Waals surface area contributed by atoms with Crippen molar-refractivity contribution in [3.8, 4) is 0 Å². The first-order chi connectivity index (χ1) is 7.04. The zero-order valence-corrected chi connectivity index (χ0v) is 9.03. The van der Waals surface area contributed by atoms with Crippen LogP contribution in [0.5, 0.6) is 0 Å². The van der Waals surface area contributed by atoms with Crippen molar-refractivity contribution >= 4 is 17.3 Å². The zero-order valence-electron chi connectivity index (χ0n) is 9.03. The highest BCUT2D eigenvalue weighted by Crippen LogP contribution is 2.23. The van der Waals surface area contributed by atoms with Crippen molar-refractivity contribution in [2.45, 2.75) is 13.3 Å². The Hall–Kier alpha value is -1.71. The van der Waals surface area contributed by atoms with E-state index in [0.29, 0.717) is 5.69 Å². The molecule has 0 unspecified atom stereocenters. The number of benzene rings is 1. The van der Waals surface area contributed by atoms with Gasteiger partial charge in [0.15, 0.2) is 0 Å². The van der Waals surface area contributed by atoms with E-state index in [1.165, 1.54) is 0 Å². The van der Waals surface area contributed by atoms with E-state index < -0.39 is 5.97 Å². The van der Waals surface area contributed by atoms with Crippen molar-refractivity contribution in [1.82, 2.24) is 0 Å². The van der Waals surface area contributed by atoms with Crippen molar-refractivity contribution in [3.05, 3.63) is 23.8 Å². The van der Waals surface area contributed by atoms with Crippen LogP contribution < -0.4 is 10.6 Å². The summed E-state index contributed by atoms with van der Waals surface area (Å²) in [5.41, 5.74) is 8.13. The van der Waals surface area contributed by atoms with E-state index in [1.54, 1.807) is 12.1 Å². The molecule has 0 saturated carbocycles. The molecule has 1 rings (SSSR count). The normalized spacial score (nSPS) is 10.0. The molecule has 4 heteroatoms. The van der Waals surface area contributed by atoms with Crippen LogP contribution in [-0.2, 0) is 11.2 Å². The predicted molar refractivity (Wildman–Crippen MR) is 61.1 cm³/mol. The SMILES string of the molecule is CCN(C)c1ccc(CC(=O)O)cc1N. The quantitative estimate of drug-likeness (QED) is 0.733. The van der Waals surface area contributed by atoms with Gasteiger partial charge in [0.25, 0.3) is 0 Å². The van der Waals surface area contributed by atoms with Gasteiger partial charge in [0, 0.05) is 13.6 Å². The number of carboxylic acid groups (broad SMARTS) is 1. The molecular weight excluding hydrogens is 192 g/mol. The molecule has 0 radical (unpaired) electrons. The maximum Gasteiger partial charge on any atom is 0.307 e. The summed E-state index contributed by atoms with van der Waals surface area (Å²) in [5, 5.41) is 8.63. The van der Waals surface area contributed by atoms with Gasteiger partial charge >= 0.3 is 5.97 Å². The number of nitrogens with two attached hydrogens (primary N) is 1. The van der Waals surface area contributed by atoms with Crippen LogP contribution >= 0.6 is 0 Å². The summed E-state index contributed by atoms with van der Waals surface area (Å²) in [6.45, 7) is 2.90. The molecule has 4 nitrogen and oxygen atoms in total. The number of hydrogen-bond acceptors (Lipinski definition) is 3. The lowest BCUT2D eigenvalue weighted by atomic mass is 10.1. The van der Waals surface area contributed by atoms with Gasteiger partial charge in [-0.05, 0) is 24.6 Å². The summed E-state index contributed by atoms with van der Waals surface area (Å²) in [5.74, 6) is -0.842. The van der Waals surface area contributed by atoms with Crippen LogP contribution in [0.1, 0.15) is 12.5 Å². The minimum absolute atomic E-state index is 0.0142. The fourth-order valence-corrected chi connectivity index (χ4v) is 1.41. The van der Waals surface area contributed by atoms with E-state index in [0.717, 1.165) is 17.8 Å². The van der Waals surface area contributed by atoms with Crippen molar-refractivity contribution in [1.29, 1.82) is 0 Å². The molecule has 0 bridgehead atoms. The molecule has 0 atom stereocenters. The van der Waals surface area contributed by atoms with Gasteiger partial charge in [0.2, 0.25) is 0 Å². The van der Waals surface area contributed by atoms with Gasteiger partial charge in [-0.25, -0.2) is 0 Å². The van der Waals surface area contributed by atoms with Gasteiger partial charge in [0.05, 0.1) is 17.8 Å². The second kappa shape index (κ2) is 4.68. The highest BCUT2D eigenvalue weighted by Gasteiger charge is 2.06. The number of carbonyl (C=O) groups is 1. The number of nitrogens with zero attached hydrogens (tertiary/aromatic N) is 1. The standard InChI is InChI=1S/C11H16N2O2/c1-3-13(2)10-5-4-8(6-9(10)12)7-11(14)15/h4-6H,3,7,12H2,1-2H3,(H,14,15). The summed E-state index contributed by atoms with van der Waals surface area (Å²) in [6, 6.07) is 5.37. The van der Waals surface area contributed by atoms with E-state index in [1.807, 2.05) is 24.9 Å². The first kappa shape index (κ1) is 11.4. The smallest absolute Gasteiger partial charge is 0.307 e. The van der Waals surface area contributed by atoms with Crippen LogP contribution in [0.2, 0.25) is 0 Å². The molecule has 0 amide bonds.